The normalized spacial score (nSPS) is 11.3. The zero-order valence-corrected chi connectivity index (χ0v) is 19.1. The number of methoxy groups -OCH3 is 1. The fourth-order valence-electron chi connectivity index (χ4n) is 2.58. The van der Waals surface area contributed by atoms with Crippen LogP contribution in [0.2, 0.25) is 0 Å². The van der Waals surface area contributed by atoms with Gasteiger partial charge in [-0.3, -0.25) is 4.72 Å². The number of benzene rings is 1. The van der Waals surface area contributed by atoms with E-state index in [9.17, 15) is 8.42 Å². The molecule has 170 valence electrons. The molecule has 0 atom stereocenters. The maximum atomic E-state index is 12.1. The lowest BCUT2D eigenvalue weighted by Gasteiger charge is -2.17. The Bertz CT molecular complexity index is 1160. The first-order valence-electron chi connectivity index (χ1n) is 9.87. The second kappa shape index (κ2) is 10.2. The van der Waals surface area contributed by atoms with Gasteiger partial charge >= 0.3 is 0 Å². The standard InChI is InChI=1S/C21H25N5O5S/c1-14(2)10-13-30-21-17(31-16-9-6-5-8-15(16)29-3)18(26-32(4,27)28)24-20(25-21)19-22-11-7-12-23-19/h5-9,11-12,14H,10,13H2,1-4H3,(H,24,25,26). The number of hydrogen-bond donors (Lipinski definition) is 1. The van der Waals surface area contributed by atoms with Gasteiger partial charge in [-0.2, -0.15) is 4.98 Å². The van der Waals surface area contributed by atoms with Gasteiger partial charge in [0.25, 0.3) is 5.88 Å². The maximum Gasteiger partial charge on any atom is 0.263 e. The fourth-order valence-corrected chi connectivity index (χ4v) is 3.07. The smallest absolute Gasteiger partial charge is 0.263 e. The third kappa shape index (κ3) is 6.27. The molecule has 0 bridgehead atoms. The minimum absolute atomic E-state index is 0.00311. The summed E-state index contributed by atoms with van der Waals surface area (Å²) >= 11 is 0. The molecule has 0 radical (unpaired) electrons. The molecule has 32 heavy (non-hydrogen) atoms. The minimum atomic E-state index is -3.71. The van der Waals surface area contributed by atoms with Gasteiger partial charge in [0.05, 0.1) is 20.0 Å². The summed E-state index contributed by atoms with van der Waals surface area (Å²) in [5.74, 6) is 1.43. The lowest BCUT2D eigenvalue weighted by molar-refractivity contribution is 0.266. The summed E-state index contributed by atoms with van der Waals surface area (Å²) in [7, 11) is -2.20. The van der Waals surface area contributed by atoms with Crippen LogP contribution >= 0.6 is 0 Å². The summed E-state index contributed by atoms with van der Waals surface area (Å²) in [5.41, 5.74) is 0. The van der Waals surface area contributed by atoms with E-state index in [1.165, 1.54) is 19.5 Å². The van der Waals surface area contributed by atoms with Crippen molar-refractivity contribution in [1.29, 1.82) is 0 Å². The molecule has 0 saturated carbocycles. The highest BCUT2D eigenvalue weighted by Crippen LogP contribution is 2.41. The van der Waals surface area contributed by atoms with E-state index in [0.29, 0.717) is 24.0 Å². The highest BCUT2D eigenvalue weighted by molar-refractivity contribution is 7.92. The average Bonchev–Trinajstić information content (AvgIpc) is 2.75. The Kier molecular flexibility index (Phi) is 7.41. The monoisotopic (exact) mass is 459 g/mol. The van der Waals surface area contributed by atoms with E-state index in [-0.39, 0.29) is 29.1 Å². The van der Waals surface area contributed by atoms with Gasteiger partial charge in [-0.15, -0.1) is 0 Å². The van der Waals surface area contributed by atoms with Crippen molar-refractivity contribution in [2.45, 2.75) is 20.3 Å². The predicted octanol–water partition coefficient (Wildman–Crippen LogP) is 3.53. The van der Waals surface area contributed by atoms with Crippen molar-refractivity contribution in [3.63, 3.8) is 0 Å². The molecule has 0 saturated heterocycles. The summed E-state index contributed by atoms with van der Waals surface area (Å²) < 4.78 is 43.8. The second-order valence-corrected chi connectivity index (χ2v) is 9.01. The molecule has 0 aliphatic heterocycles. The first-order valence-corrected chi connectivity index (χ1v) is 11.8. The van der Waals surface area contributed by atoms with Crippen LogP contribution in [-0.4, -0.2) is 48.3 Å². The Morgan fingerprint density at radius 3 is 2.31 bits per heavy atom. The van der Waals surface area contributed by atoms with Crippen LogP contribution in [-0.2, 0) is 10.0 Å². The van der Waals surface area contributed by atoms with E-state index in [2.05, 4.69) is 38.5 Å². The molecule has 0 unspecified atom stereocenters. The van der Waals surface area contributed by atoms with Crippen LogP contribution in [0.25, 0.3) is 11.6 Å². The van der Waals surface area contributed by atoms with Gasteiger partial charge in [0.1, 0.15) is 0 Å². The summed E-state index contributed by atoms with van der Waals surface area (Å²) in [6, 6.07) is 8.58. The Balaban J connectivity index is 2.15. The SMILES string of the molecule is COc1ccccc1Oc1c(NS(C)(=O)=O)nc(-c2ncccn2)nc1OCCC(C)C. The third-order valence-electron chi connectivity index (χ3n) is 4.10. The highest BCUT2D eigenvalue weighted by atomic mass is 32.2. The molecule has 0 aliphatic carbocycles. The van der Waals surface area contributed by atoms with E-state index in [1.54, 1.807) is 30.3 Å². The first-order chi connectivity index (χ1) is 15.3. The van der Waals surface area contributed by atoms with Crippen LogP contribution in [0, 0.1) is 5.92 Å². The number of rotatable bonds is 10. The van der Waals surface area contributed by atoms with Gasteiger partial charge < -0.3 is 14.2 Å². The lowest BCUT2D eigenvalue weighted by Crippen LogP contribution is -2.14. The summed E-state index contributed by atoms with van der Waals surface area (Å²) in [6.45, 7) is 4.47. The molecule has 3 aromatic rings. The van der Waals surface area contributed by atoms with E-state index >= 15 is 0 Å². The van der Waals surface area contributed by atoms with Crippen molar-refractivity contribution < 1.29 is 22.6 Å². The number of hydrogen-bond acceptors (Lipinski definition) is 9. The molecular weight excluding hydrogens is 434 g/mol. The molecule has 3 rings (SSSR count). The Hall–Kier alpha value is -3.47. The molecule has 2 aromatic heterocycles. The lowest BCUT2D eigenvalue weighted by atomic mass is 10.1. The van der Waals surface area contributed by atoms with E-state index < -0.39 is 10.0 Å². The zero-order valence-electron chi connectivity index (χ0n) is 18.3. The van der Waals surface area contributed by atoms with Crippen molar-refractivity contribution >= 4 is 15.8 Å². The molecular formula is C21H25N5O5S. The largest absolute Gasteiger partial charge is 0.493 e. The van der Waals surface area contributed by atoms with Crippen molar-refractivity contribution in [3.8, 4) is 34.8 Å². The van der Waals surface area contributed by atoms with Crippen molar-refractivity contribution in [2.75, 3.05) is 24.7 Å². The molecule has 0 aliphatic rings. The number of anilines is 1. The van der Waals surface area contributed by atoms with Crippen molar-refractivity contribution in [2.24, 2.45) is 5.92 Å². The van der Waals surface area contributed by atoms with Crippen LogP contribution in [0.3, 0.4) is 0 Å². The highest BCUT2D eigenvalue weighted by Gasteiger charge is 2.23. The van der Waals surface area contributed by atoms with Crippen LogP contribution in [0.15, 0.2) is 42.7 Å². The van der Waals surface area contributed by atoms with E-state index in [1.807, 2.05) is 0 Å². The Labute approximate surface area is 187 Å². The van der Waals surface area contributed by atoms with Crippen LogP contribution in [0.5, 0.6) is 23.1 Å². The molecule has 0 spiro atoms. The predicted molar refractivity (Wildman–Crippen MR) is 120 cm³/mol. The zero-order chi connectivity index (χ0) is 23.1. The number of nitrogens with zero attached hydrogens (tertiary/aromatic N) is 4. The fraction of sp³-hybridized carbons (Fsp3) is 0.333. The number of aromatic nitrogens is 4. The second-order valence-electron chi connectivity index (χ2n) is 7.26. The number of para-hydroxylation sites is 2. The Morgan fingerprint density at radius 2 is 1.69 bits per heavy atom. The quantitative estimate of drug-likeness (QED) is 0.484. The first kappa shape index (κ1) is 23.2. The summed E-state index contributed by atoms with van der Waals surface area (Å²) in [6.07, 6.45) is 4.84. The summed E-state index contributed by atoms with van der Waals surface area (Å²) in [4.78, 5) is 17.0. The molecule has 0 fully saturated rings. The van der Waals surface area contributed by atoms with Gasteiger partial charge in [0.2, 0.25) is 21.6 Å². The minimum Gasteiger partial charge on any atom is -0.493 e. The summed E-state index contributed by atoms with van der Waals surface area (Å²) in [5, 5.41) is 0. The maximum absolute atomic E-state index is 12.1. The molecule has 10 nitrogen and oxygen atoms in total. The molecule has 0 amide bonds. The van der Waals surface area contributed by atoms with Gasteiger partial charge in [0.15, 0.2) is 23.1 Å². The van der Waals surface area contributed by atoms with Crippen molar-refractivity contribution in [1.82, 2.24) is 19.9 Å². The average molecular weight is 460 g/mol. The van der Waals surface area contributed by atoms with Crippen LogP contribution < -0.4 is 18.9 Å². The van der Waals surface area contributed by atoms with Crippen LogP contribution in [0.1, 0.15) is 20.3 Å². The number of ether oxygens (including phenoxy) is 3. The third-order valence-corrected chi connectivity index (χ3v) is 4.66. The molecule has 1 N–H and O–H groups in total. The number of sulfonamides is 1. The van der Waals surface area contributed by atoms with E-state index in [4.69, 9.17) is 14.2 Å². The topological polar surface area (TPSA) is 125 Å². The Morgan fingerprint density at radius 1 is 1.00 bits per heavy atom. The van der Waals surface area contributed by atoms with Crippen molar-refractivity contribution in [3.05, 3.63) is 42.7 Å². The van der Waals surface area contributed by atoms with Gasteiger partial charge in [0, 0.05) is 12.4 Å². The molecule has 2 heterocycles. The molecule has 11 heteroatoms. The van der Waals surface area contributed by atoms with E-state index in [0.717, 1.165) is 12.7 Å². The number of nitrogens with one attached hydrogen (secondary N) is 1. The van der Waals surface area contributed by atoms with Gasteiger partial charge in [-0.05, 0) is 30.5 Å². The van der Waals surface area contributed by atoms with Gasteiger partial charge in [-0.1, -0.05) is 26.0 Å². The van der Waals surface area contributed by atoms with Gasteiger partial charge in [-0.25, -0.2) is 23.4 Å². The molecule has 1 aromatic carbocycles. The van der Waals surface area contributed by atoms with Crippen LogP contribution in [0.4, 0.5) is 5.82 Å².